The first-order valence-electron chi connectivity index (χ1n) is 11.2. The number of pyridine rings is 1. The second-order valence-corrected chi connectivity index (χ2v) is 8.15. The number of likely N-dealkylation sites (tertiary alicyclic amines) is 1. The molecular weight excluding hydrogens is 507 g/mol. The maximum Gasteiger partial charge on any atom is 0.194 e. The normalized spacial score (nSPS) is 20.1. The molecule has 2 fully saturated rings. The first-order valence-corrected chi connectivity index (χ1v) is 11.2. The summed E-state index contributed by atoms with van der Waals surface area (Å²) in [5.74, 6) is 2.61. The van der Waals surface area contributed by atoms with E-state index >= 15 is 0 Å². The van der Waals surface area contributed by atoms with Crippen molar-refractivity contribution in [2.75, 3.05) is 84.7 Å². The third-order valence-corrected chi connectivity index (χ3v) is 5.75. The molecule has 3 heterocycles. The van der Waals surface area contributed by atoms with Gasteiger partial charge in [-0.15, -0.1) is 24.0 Å². The number of anilines is 1. The number of nitrogens with one attached hydrogen (secondary N) is 1. The van der Waals surface area contributed by atoms with Crippen molar-refractivity contribution in [2.24, 2.45) is 10.9 Å². The summed E-state index contributed by atoms with van der Waals surface area (Å²) in [7, 11) is 3.88. The fourth-order valence-electron chi connectivity index (χ4n) is 3.88. The number of halogens is 1. The monoisotopic (exact) mass is 546 g/mol. The number of likely N-dealkylation sites (N-methyl/N-ethyl adjacent to an activating group) is 1. The number of guanidine groups is 1. The molecule has 1 atom stereocenters. The summed E-state index contributed by atoms with van der Waals surface area (Å²) in [6.45, 7) is 12.0. The van der Waals surface area contributed by atoms with Gasteiger partial charge < -0.3 is 29.5 Å². The largest absolute Gasteiger partial charge is 0.382 e. The summed E-state index contributed by atoms with van der Waals surface area (Å²) in [4.78, 5) is 16.6. The van der Waals surface area contributed by atoms with E-state index in [-0.39, 0.29) is 24.0 Å². The number of ether oxygens (including phenoxy) is 2. The maximum atomic E-state index is 5.72. The smallest absolute Gasteiger partial charge is 0.194 e. The molecule has 1 aromatic heterocycles. The van der Waals surface area contributed by atoms with Crippen LogP contribution in [-0.2, 0) is 16.0 Å². The van der Waals surface area contributed by atoms with E-state index in [1.165, 1.54) is 0 Å². The average Bonchev–Trinajstić information content (AvgIpc) is 3.24. The number of hydrogen-bond donors (Lipinski definition) is 1. The highest BCUT2D eigenvalue weighted by molar-refractivity contribution is 14.0. The molecule has 0 radical (unpaired) electrons. The van der Waals surface area contributed by atoms with Crippen molar-refractivity contribution in [1.29, 1.82) is 0 Å². The van der Waals surface area contributed by atoms with Gasteiger partial charge >= 0.3 is 0 Å². The van der Waals surface area contributed by atoms with E-state index in [9.17, 15) is 0 Å². The number of rotatable bonds is 9. The summed E-state index contributed by atoms with van der Waals surface area (Å²) in [6.07, 6.45) is 3.11. The second-order valence-electron chi connectivity index (χ2n) is 8.15. The van der Waals surface area contributed by atoms with Gasteiger partial charge in [-0.1, -0.05) is 6.07 Å². The number of hydrogen-bond acceptors (Lipinski definition) is 6. The van der Waals surface area contributed by atoms with E-state index in [1.807, 2.05) is 6.20 Å². The fraction of sp³-hybridized carbons (Fsp3) is 0.727. The molecule has 2 aliphatic heterocycles. The Morgan fingerprint density at radius 2 is 2.00 bits per heavy atom. The van der Waals surface area contributed by atoms with Crippen molar-refractivity contribution in [3.63, 3.8) is 0 Å². The predicted octanol–water partition coefficient (Wildman–Crippen LogP) is 1.90. The zero-order chi connectivity index (χ0) is 21.2. The van der Waals surface area contributed by atoms with E-state index in [1.54, 1.807) is 7.11 Å². The van der Waals surface area contributed by atoms with Crippen molar-refractivity contribution >= 4 is 35.8 Å². The molecule has 1 N–H and O–H groups in total. The van der Waals surface area contributed by atoms with Crippen LogP contribution in [0.3, 0.4) is 0 Å². The van der Waals surface area contributed by atoms with E-state index in [4.69, 9.17) is 14.5 Å². The highest BCUT2D eigenvalue weighted by atomic mass is 127. The average molecular weight is 546 g/mol. The summed E-state index contributed by atoms with van der Waals surface area (Å²) in [6, 6.07) is 4.29. The lowest BCUT2D eigenvalue weighted by atomic mass is 10.1. The number of aromatic nitrogens is 1. The molecule has 1 unspecified atom stereocenters. The molecule has 0 spiro atoms. The lowest BCUT2D eigenvalue weighted by Crippen LogP contribution is -2.44. The van der Waals surface area contributed by atoms with Gasteiger partial charge in [-0.25, -0.2) is 9.98 Å². The molecule has 1 aromatic rings. The van der Waals surface area contributed by atoms with Crippen molar-refractivity contribution in [3.8, 4) is 0 Å². The van der Waals surface area contributed by atoms with Crippen LogP contribution in [-0.4, -0.2) is 101 Å². The van der Waals surface area contributed by atoms with Gasteiger partial charge in [0, 0.05) is 65.0 Å². The van der Waals surface area contributed by atoms with Gasteiger partial charge in [0.25, 0.3) is 0 Å². The fourth-order valence-corrected chi connectivity index (χ4v) is 3.88. The minimum Gasteiger partial charge on any atom is -0.382 e. The Kier molecular flexibility index (Phi) is 11.8. The third-order valence-electron chi connectivity index (χ3n) is 5.75. The molecule has 0 bridgehead atoms. The molecule has 0 aliphatic carbocycles. The van der Waals surface area contributed by atoms with Crippen molar-refractivity contribution in [3.05, 3.63) is 23.9 Å². The number of methoxy groups -OCH3 is 1. The molecule has 2 saturated heterocycles. The number of nitrogens with zero attached hydrogens (tertiary/aromatic N) is 5. The van der Waals surface area contributed by atoms with Crippen LogP contribution in [0.25, 0.3) is 0 Å². The second kappa shape index (κ2) is 14.1. The highest BCUT2D eigenvalue weighted by Crippen LogP contribution is 2.18. The van der Waals surface area contributed by atoms with Gasteiger partial charge in [-0.2, -0.15) is 0 Å². The van der Waals surface area contributed by atoms with Gasteiger partial charge in [-0.3, -0.25) is 0 Å². The van der Waals surface area contributed by atoms with Crippen LogP contribution < -0.4 is 10.2 Å². The van der Waals surface area contributed by atoms with E-state index < -0.39 is 0 Å². The van der Waals surface area contributed by atoms with Crippen molar-refractivity contribution < 1.29 is 9.47 Å². The molecule has 176 valence electrons. The van der Waals surface area contributed by atoms with Crippen LogP contribution in [0, 0.1) is 5.92 Å². The van der Waals surface area contributed by atoms with Gasteiger partial charge in [0.1, 0.15) is 5.82 Å². The minimum absolute atomic E-state index is 0. The molecule has 0 saturated carbocycles. The summed E-state index contributed by atoms with van der Waals surface area (Å²) >= 11 is 0. The standard InChI is InChI=1S/C22H38N6O2.HI/c1-4-23-22(28-8-7-20(17-28)18-30-14-13-29-3)25-16-19-5-6-21(24-15-19)27-11-9-26(2)10-12-27;/h5-6,15,20H,4,7-14,16-18H2,1-3H3,(H,23,25);1H. The highest BCUT2D eigenvalue weighted by Gasteiger charge is 2.25. The summed E-state index contributed by atoms with van der Waals surface area (Å²) < 4.78 is 10.8. The molecule has 0 aromatic carbocycles. The van der Waals surface area contributed by atoms with Crippen LogP contribution in [0.1, 0.15) is 18.9 Å². The molecule has 9 heteroatoms. The summed E-state index contributed by atoms with van der Waals surface area (Å²) in [5, 5.41) is 3.44. The molecule has 8 nitrogen and oxygen atoms in total. The summed E-state index contributed by atoms with van der Waals surface area (Å²) in [5.41, 5.74) is 1.14. The Morgan fingerprint density at radius 1 is 1.19 bits per heavy atom. The van der Waals surface area contributed by atoms with E-state index in [0.29, 0.717) is 25.7 Å². The first-order chi connectivity index (χ1) is 14.7. The first kappa shape index (κ1) is 26.1. The molecule has 2 aliphatic rings. The quantitative estimate of drug-likeness (QED) is 0.220. The van der Waals surface area contributed by atoms with Gasteiger partial charge in [0.05, 0.1) is 26.4 Å². The zero-order valence-corrected chi connectivity index (χ0v) is 21.6. The SMILES string of the molecule is CCNC(=NCc1ccc(N2CCN(C)CC2)nc1)N1CCC(COCCOC)C1.I. The third kappa shape index (κ3) is 8.36. The Labute approximate surface area is 204 Å². The van der Waals surface area contributed by atoms with Gasteiger partial charge in [-0.05, 0) is 32.0 Å². The Morgan fingerprint density at radius 3 is 2.68 bits per heavy atom. The van der Waals surface area contributed by atoms with Gasteiger partial charge in [0.2, 0.25) is 0 Å². The van der Waals surface area contributed by atoms with Crippen LogP contribution >= 0.6 is 24.0 Å². The van der Waals surface area contributed by atoms with Crippen LogP contribution in [0.4, 0.5) is 5.82 Å². The lowest BCUT2D eigenvalue weighted by Gasteiger charge is -2.33. The van der Waals surface area contributed by atoms with Crippen molar-refractivity contribution in [2.45, 2.75) is 19.9 Å². The van der Waals surface area contributed by atoms with E-state index in [2.05, 4.69) is 51.1 Å². The van der Waals surface area contributed by atoms with E-state index in [0.717, 1.165) is 76.2 Å². The number of aliphatic imine (C=N–C) groups is 1. The zero-order valence-electron chi connectivity index (χ0n) is 19.3. The van der Waals surface area contributed by atoms with Crippen LogP contribution in [0.5, 0.6) is 0 Å². The van der Waals surface area contributed by atoms with Crippen molar-refractivity contribution in [1.82, 2.24) is 20.1 Å². The Balaban J connectivity index is 0.00000341. The van der Waals surface area contributed by atoms with Gasteiger partial charge in [0.15, 0.2) is 5.96 Å². The number of piperazine rings is 1. The van der Waals surface area contributed by atoms with Crippen LogP contribution in [0.15, 0.2) is 23.3 Å². The Bertz CT molecular complexity index is 652. The Hall–Kier alpha value is -1.17. The molecular formula is C22H39IN6O2. The topological polar surface area (TPSA) is 65.5 Å². The predicted molar refractivity (Wildman–Crippen MR) is 137 cm³/mol. The lowest BCUT2D eigenvalue weighted by molar-refractivity contribution is 0.0536. The van der Waals surface area contributed by atoms with Crippen LogP contribution in [0.2, 0.25) is 0 Å². The molecule has 3 rings (SSSR count). The maximum absolute atomic E-state index is 5.72. The minimum atomic E-state index is 0. The molecule has 31 heavy (non-hydrogen) atoms. The molecule has 0 amide bonds.